The number of hydrogen-bond donors (Lipinski definition) is 1. The molecule has 0 aromatic carbocycles. The van der Waals surface area contributed by atoms with E-state index < -0.39 is 0 Å². The van der Waals surface area contributed by atoms with Gasteiger partial charge in [0.1, 0.15) is 5.52 Å². The smallest absolute Gasteiger partial charge is 0.320 e. The summed E-state index contributed by atoms with van der Waals surface area (Å²) in [6, 6.07) is 0.477. The predicted octanol–water partition coefficient (Wildman–Crippen LogP) is 0.509. The number of amides is 2. The Kier molecular flexibility index (Phi) is 2.81. The van der Waals surface area contributed by atoms with Gasteiger partial charge in [-0.25, -0.2) is 9.78 Å². The summed E-state index contributed by atoms with van der Waals surface area (Å²) >= 11 is 0. The quantitative estimate of drug-likeness (QED) is 0.873. The summed E-state index contributed by atoms with van der Waals surface area (Å²) < 4.78 is 0. The van der Waals surface area contributed by atoms with Crippen LogP contribution >= 0.6 is 0 Å². The molecule has 2 aliphatic rings. The molecule has 2 aromatic heterocycles. The third kappa shape index (κ3) is 2.04. The maximum atomic E-state index is 11.9. The first-order valence-corrected chi connectivity index (χ1v) is 7.23. The molecule has 7 nitrogen and oxygen atoms in total. The number of piperazine rings is 1. The number of carbonyl (C=O) groups excluding carboxylic acids is 1. The number of H-pyrrole nitrogens is 1. The molecular formula is C14H18N6O. The maximum Gasteiger partial charge on any atom is 0.320 e. The van der Waals surface area contributed by atoms with Gasteiger partial charge in [0.2, 0.25) is 0 Å². The molecule has 4 rings (SSSR count). The Morgan fingerprint density at radius 1 is 1.29 bits per heavy atom. The summed E-state index contributed by atoms with van der Waals surface area (Å²) in [5.74, 6) is 0. The molecule has 0 spiro atoms. The van der Waals surface area contributed by atoms with Gasteiger partial charge in [-0.15, -0.1) is 0 Å². The van der Waals surface area contributed by atoms with Gasteiger partial charge in [0.05, 0.1) is 6.04 Å². The van der Waals surface area contributed by atoms with Gasteiger partial charge >= 0.3 is 6.03 Å². The Balaban J connectivity index is 1.50. The highest BCUT2D eigenvalue weighted by Gasteiger charge is 2.38. The summed E-state index contributed by atoms with van der Waals surface area (Å²) in [7, 11) is 1.88. The van der Waals surface area contributed by atoms with E-state index >= 15 is 0 Å². The van der Waals surface area contributed by atoms with Gasteiger partial charge in [0, 0.05) is 63.9 Å². The van der Waals surface area contributed by atoms with E-state index in [-0.39, 0.29) is 6.03 Å². The lowest BCUT2D eigenvalue weighted by Crippen LogP contribution is -2.51. The van der Waals surface area contributed by atoms with Crippen molar-refractivity contribution in [3.05, 3.63) is 24.2 Å². The molecule has 0 aliphatic carbocycles. The predicted molar refractivity (Wildman–Crippen MR) is 77.7 cm³/mol. The van der Waals surface area contributed by atoms with Crippen LogP contribution in [0.5, 0.6) is 0 Å². The van der Waals surface area contributed by atoms with Gasteiger partial charge in [-0.2, -0.15) is 0 Å². The molecule has 0 radical (unpaired) electrons. The van der Waals surface area contributed by atoms with Crippen LogP contribution in [0.25, 0.3) is 11.2 Å². The molecule has 0 bridgehead atoms. The van der Waals surface area contributed by atoms with Crippen LogP contribution in [0.2, 0.25) is 0 Å². The number of aromatic nitrogens is 3. The summed E-state index contributed by atoms with van der Waals surface area (Å²) in [6.07, 6.45) is 5.41. The number of carbonyl (C=O) groups is 1. The second-order valence-corrected chi connectivity index (χ2v) is 5.81. The van der Waals surface area contributed by atoms with Crippen molar-refractivity contribution < 1.29 is 4.79 Å². The molecular weight excluding hydrogens is 268 g/mol. The van der Waals surface area contributed by atoms with Crippen molar-refractivity contribution in [3.63, 3.8) is 0 Å². The van der Waals surface area contributed by atoms with Crippen molar-refractivity contribution >= 4 is 17.2 Å². The normalized spacial score (nSPS) is 23.1. The highest BCUT2D eigenvalue weighted by molar-refractivity contribution is 5.77. The van der Waals surface area contributed by atoms with E-state index in [1.807, 2.05) is 23.0 Å². The van der Waals surface area contributed by atoms with Gasteiger partial charge in [-0.1, -0.05) is 0 Å². The van der Waals surface area contributed by atoms with Crippen LogP contribution in [0.3, 0.4) is 0 Å². The molecule has 2 fully saturated rings. The third-order valence-electron chi connectivity index (χ3n) is 4.40. The molecule has 2 aromatic rings. The standard InChI is InChI=1S/C14H18N6O/c1-18-8-11-9-19(4-5-20(11)14(18)21)7-10-6-17-13-12(10)15-2-3-16-13/h2-3,6,11H,4-5,7-9H2,1H3,(H,16,17). The van der Waals surface area contributed by atoms with Crippen LogP contribution in [0, 0.1) is 0 Å². The Labute approximate surface area is 122 Å². The number of fused-ring (bicyclic) bond motifs is 2. The van der Waals surface area contributed by atoms with Crippen molar-refractivity contribution in [2.45, 2.75) is 12.6 Å². The van der Waals surface area contributed by atoms with Crippen molar-refractivity contribution in [1.82, 2.24) is 29.7 Å². The first-order chi connectivity index (χ1) is 10.2. The van der Waals surface area contributed by atoms with Crippen molar-refractivity contribution in [3.8, 4) is 0 Å². The van der Waals surface area contributed by atoms with E-state index in [2.05, 4.69) is 19.9 Å². The zero-order valence-electron chi connectivity index (χ0n) is 12.0. The Morgan fingerprint density at radius 3 is 3.05 bits per heavy atom. The van der Waals surface area contributed by atoms with Crippen LogP contribution in [0.1, 0.15) is 5.56 Å². The average molecular weight is 286 g/mol. The van der Waals surface area contributed by atoms with Gasteiger partial charge in [-0.05, 0) is 0 Å². The first kappa shape index (κ1) is 12.6. The summed E-state index contributed by atoms with van der Waals surface area (Å²) in [4.78, 5) is 30.0. The van der Waals surface area contributed by atoms with Gasteiger partial charge in [0.15, 0.2) is 5.65 Å². The van der Waals surface area contributed by atoms with E-state index in [4.69, 9.17) is 0 Å². The van der Waals surface area contributed by atoms with E-state index in [1.54, 1.807) is 12.4 Å². The largest absolute Gasteiger partial charge is 0.344 e. The van der Waals surface area contributed by atoms with Crippen molar-refractivity contribution in [2.75, 3.05) is 33.2 Å². The molecule has 110 valence electrons. The Bertz CT molecular complexity index is 683. The third-order valence-corrected chi connectivity index (χ3v) is 4.40. The monoisotopic (exact) mass is 286 g/mol. The SMILES string of the molecule is CN1CC2CN(Cc3c[nH]c4nccnc34)CCN2C1=O. The maximum absolute atomic E-state index is 11.9. The van der Waals surface area contributed by atoms with Crippen LogP contribution in [-0.4, -0.2) is 75.0 Å². The summed E-state index contributed by atoms with van der Waals surface area (Å²) in [5, 5.41) is 0. The molecule has 4 heterocycles. The van der Waals surface area contributed by atoms with E-state index in [1.165, 1.54) is 5.56 Å². The van der Waals surface area contributed by atoms with Gasteiger partial charge in [0.25, 0.3) is 0 Å². The van der Waals surface area contributed by atoms with Crippen molar-refractivity contribution in [1.29, 1.82) is 0 Å². The second-order valence-electron chi connectivity index (χ2n) is 5.81. The molecule has 1 unspecified atom stereocenters. The zero-order chi connectivity index (χ0) is 14.4. The fraction of sp³-hybridized carbons (Fsp3) is 0.500. The number of hydrogen-bond acceptors (Lipinski definition) is 4. The van der Waals surface area contributed by atoms with E-state index in [9.17, 15) is 4.79 Å². The molecule has 0 saturated carbocycles. The van der Waals surface area contributed by atoms with Crippen molar-refractivity contribution in [2.24, 2.45) is 0 Å². The molecule has 21 heavy (non-hydrogen) atoms. The minimum atomic E-state index is 0.164. The molecule has 1 atom stereocenters. The average Bonchev–Trinajstić information content (AvgIpc) is 3.02. The Morgan fingerprint density at radius 2 is 2.14 bits per heavy atom. The lowest BCUT2D eigenvalue weighted by Gasteiger charge is -2.36. The van der Waals surface area contributed by atoms with Crippen LogP contribution in [-0.2, 0) is 6.54 Å². The molecule has 7 heteroatoms. The Hall–Kier alpha value is -2.15. The fourth-order valence-corrected chi connectivity index (χ4v) is 3.35. The summed E-state index contributed by atoms with van der Waals surface area (Å²) in [6.45, 7) is 4.30. The number of aromatic amines is 1. The molecule has 2 amide bonds. The number of nitrogens with one attached hydrogen (secondary N) is 1. The number of likely N-dealkylation sites (N-methyl/N-ethyl adjacent to an activating group) is 1. The second kappa shape index (κ2) is 4.70. The number of urea groups is 1. The van der Waals surface area contributed by atoms with Crippen LogP contribution in [0.15, 0.2) is 18.6 Å². The number of rotatable bonds is 2. The topological polar surface area (TPSA) is 68.4 Å². The van der Waals surface area contributed by atoms with Gasteiger partial charge < -0.3 is 14.8 Å². The zero-order valence-corrected chi connectivity index (χ0v) is 12.0. The highest BCUT2D eigenvalue weighted by atomic mass is 16.2. The first-order valence-electron chi connectivity index (χ1n) is 7.23. The lowest BCUT2D eigenvalue weighted by atomic mass is 10.1. The van der Waals surface area contributed by atoms with Crippen LogP contribution in [0.4, 0.5) is 4.79 Å². The highest BCUT2D eigenvalue weighted by Crippen LogP contribution is 2.22. The molecule has 2 saturated heterocycles. The fourth-order valence-electron chi connectivity index (χ4n) is 3.35. The van der Waals surface area contributed by atoms with Crippen LogP contribution < -0.4 is 0 Å². The minimum absolute atomic E-state index is 0.164. The van der Waals surface area contributed by atoms with E-state index in [0.29, 0.717) is 6.04 Å². The van der Waals surface area contributed by atoms with E-state index in [0.717, 1.165) is 43.9 Å². The molecule has 2 aliphatic heterocycles. The lowest BCUT2D eigenvalue weighted by molar-refractivity contribution is 0.116. The minimum Gasteiger partial charge on any atom is -0.344 e. The summed E-state index contributed by atoms with van der Waals surface area (Å²) in [5.41, 5.74) is 2.95. The molecule has 1 N–H and O–H groups in total. The number of nitrogens with zero attached hydrogens (tertiary/aromatic N) is 5. The van der Waals surface area contributed by atoms with Gasteiger partial charge in [-0.3, -0.25) is 9.88 Å².